The summed E-state index contributed by atoms with van der Waals surface area (Å²) in [4.78, 5) is 0.204. The lowest BCUT2D eigenvalue weighted by Gasteiger charge is -2.19. The first kappa shape index (κ1) is 21.1. The molecule has 7 nitrogen and oxygen atoms in total. The Bertz CT molecular complexity index is 612. The molecule has 0 spiro atoms. The lowest BCUT2D eigenvalue weighted by atomic mass is 9.92. The van der Waals surface area contributed by atoms with Crippen LogP contribution in [0.3, 0.4) is 0 Å². The molecule has 1 aromatic rings. The maximum Gasteiger partial charge on any atom is 0.244 e. The van der Waals surface area contributed by atoms with Crippen molar-refractivity contribution in [1.82, 2.24) is 14.5 Å². The van der Waals surface area contributed by atoms with Crippen molar-refractivity contribution >= 4 is 10.0 Å². The van der Waals surface area contributed by atoms with Crippen LogP contribution in [0.5, 0.6) is 0 Å². The first-order valence-electron chi connectivity index (χ1n) is 8.35. The highest BCUT2D eigenvalue weighted by atomic mass is 32.2. The third-order valence-electron chi connectivity index (χ3n) is 3.37. The van der Waals surface area contributed by atoms with E-state index < -0.39 is 16.3 Å². The highest BCUT2D eigenvalue weighted by Crippen LogP contribution is 2.28. The Morgan fingerprint density at radius 1 is 1.21 bits per heavy atom. The van der Waals surface area contributed by atoms with Crippen LogP contribution in [0, 0.1) is 0 Å². The van der Waals surface area contributed by atoms with E-state index in [1.165, 1.54) is 0 Å². The SMILES string of the molecule is CCOC(CNS(=O)(=O)c1cn(C(C)C)nc1C(C)(C)C)OCC. The number of rotatable bonds is 9. The van der Waals surface area contributed by atoms with Crippen molar-refractivity contribution in [2.75, 3.05) is 19.8 Å². The molecule has 1 heterocycles. The van der Waals surface area contributed by atoms with Gasteiger partial charge in [0.05, 0.1) is 12.2 Å². The average molecular weight is 362 g/mol. The minimum atomic E-state index is -3.71. The Labute approximate surface area is 145 Å². The molecule has 0 aliphatic rings. The van der Waals surface area contributed by atoms with Crippen LogP contribution in [-0.2, 0) is 24.9 Å². The fourth-order valence-electron chi connectivity index (χ4n) is 2.15. The lowest BCUT2D eigenvalue weighted by Crippen LogP contribution is -2.36. The van der Waals surface area contributed by atoms with Crippen molar-refractivity contribution in [3.8, 4) is 0 Å². The van der Waals surface area contributed by atoms with Crippen molar-refractivity contribution < 1.29 is 17.9 Å². The third kappa shape index (κ3) is 5.54. The number of nitrogens with zero attached hydrogens (tertiary/aromatic N) is 2. The molecule has 24 heavy (non-hydrogen) atoms. The van der Waals surface area contributed by atoms with Crippen molar-refractivity contribution in [1.29, 1.82) is 0 Å². The molecule has 0 amide bonds. The molecule has 1 aromatic heterocycles. The maximum absolute atomic E-state index is 12.8. The van der Waals surface area contributed by atoms with E-state index in [9.17, 15) is 8.42 Å². The van der Waals surface area contributed by atoms with Gasteiger partial charge in [-0.15, -0.1) is 0 Å². The zero-order valence-electron chi connectivity index (χ0n) is 15.8. The van der Waals surface area contributed by atoms with E-state index in [0.29, 0.717) is 18.9 Å². The van der Waals surface area contributed by atoms with Gasteiger partial charge in [0.2, 0.25) is 10.0 Å². The van der Waals surface area contributed by atoms with Gasteiger partial charge < -0.3 is 9.47 Å². The van der Waals surface area contributed by atoms with Crippen LogP contribution in [0.2, 0.25) is 0 Å². The number of hydrogen-bond donors (Lipinski definition) is 1. The molecule has 0 saturated heterocycles. The number of hydrogen-bond acceptors (Lipinski definition) is 5. The van der Waals surface area contributed by atoms with Crippen molar-refractivity contribution in [2.45, 2.75) is 71.1 Å². The van der Waals surface area contributed by atoms with Gasteiger partial charge in [-0.25, -0.2) is 13.1 Å². The Morgan fingerprint density at radius 2 is 1.75 bits per heavy atom. The Kier molecular flexibility index (Phi) is 7.40. The summed E-state index contributed by atoms with van der Waals surface area (Å²) < 4.78 is 40.6. The predicted octanol–water partition coefficient (Wildman–Crippen LogP) is 2.44. The number of sulfonamides is 1. The Hall–Kier alpha value is -0.960. The molecular formula is C16H31N3O4S. The van der Waals surface area contributed by atoms with Gasteiger partial charge in [-0.05, 0) is 27.7 Å². The van der Waals surface area contributed by atoms with Crippen LogP contribution < -0.4 is 4.72 Å². The summed E-state index contributed by atoms with van der Waals surface area (Å²) in [6.45, 7) is 14.4. The number of aromatic nitrogens is 2. The minimum Gasteiger partial charge on any atom is -0.352 e. The van der Waals surface area contributed by atoms with E-state index in [0.717, 1.165) is 0 Å². The second-order valence-corrected chi connectivity index (χ2v) is 8.59. The number of nitrogens with one attached hydrogen (secondary N) is 1. The summed E-state index contributed by atoms with van der Waals surface area (Å²) in [7, 11) is -3.71. The molecule has 140 valence electrons. The van der Waals surface area contributed by atoms with E-state index >= 15 is 0 Å². The standard InChI is InChI=1S/C16H31N3O4S/c1-8-22-14(23-9-2)10-17-24(20,21)13-11-19(12(3)4)18-15(13)16(5,6)7/h11-12,14,17H,8-10H2,1-7H3. The molecule has 0 aliphatic heterocycles. The summed E-state index contributed by atoms with van der Waals surface area (Å²) in [5, 5.41) is 4.48. The van der Waals surface area contributed by atoms with Gasteiger partial charge in [0.15, 0.2) is 6.29 Å². The molecule has 1 rings (SSSR count). The highest BCUT2D eigenvalue weighted by Gasteiger charge is 2.30. The van der Waals surface area contributed by atoms with Crippen LogP contribution in [-0.4, -0.2) is 44.2 Å². The maximum atomic E-state index is 12.8. The lowest BCUT2D eigenvalue weighted by molar-refractivity contribution is -0.130. The van der Waals surface area contributed by atoms with Gasteiger partial charge in [-0.2, -0.15) is 5.10 Å². The zero-order valence-corrected chi connectivity index (χ0v) is 16.6. The molecule has 0 aromatic carbocycles. The van der Waals surface area contributed by atoms with Crippen LogP contribution in [0.25, 0.3) is 0 Å². The zero-order chi connectivity index (χ0) is 18.5. The fourth-order valence-corrected chi connectivity index (χ4v) is 3.51. The molecular weight excluding hydrogens is 330 g/mol. The summed E-state index contributed by atoms with van der Waals surface area (Å²) in [5.74, 6) is 0. The van der Waals surface area contributed by atoms with E-state index in [-0.39, 0.29) is 22.9 Å². The number of ether oxygens (including phenoxy) is 2. The van der Waals surface area contributed by atoms with Gasteiger partial charge >= 0.3 is 0 Å². The van der Waals surface area contributed by atoms with E-state index in [1.54, 1.807) is 10.9 Å². The third-order valence-corrected chi connectivity index (χ3v) is 4.80. The highest BCUT2D eigenvalue weighted by molar-refractivity contribution is 7.89. The quantitative estimate of drug-likeness (QED) is 0.683. The van der Waals surface area contributed by atoms with Gasteiger partial charge in [0.1, 0.15) is 4.90 Å². The van der Waals surface area contributed by atoms with Gasteiger partial charge in [-0.3, -0.25) is 4.68 Å². The molecule has 0 aliphatic carbocycles. The average Bonchev–Trinajstić information content (AvgIpc) is 2.92. The Balaban J connectivity index is 3.09. The fraction of sp³-hybridized carbons (Fsp3) is 0.812. The normalized spacial score (nSPS) is 13.2. The van der Waals surface area contributed by atoms with Gasteiger partial charge in [0.25, 0.3) is 0 Å². The van der Waals surface area contributed by atoms with Crippen LogP contribution in [0.1, 0.15) is 60.2 Å². The second-order valence-electron chi connectivity index (χ2n) is 6.86. The smallest absolute Gasteiger partial charge is 0.244 e. The molecule has 0 atom stereocenters. The van der Waals surface area contributed by atoms with Gasteiger partial charge in [0, 0.05) is 30.9 Å². The first-order chi connectivity index (χ1) is 11.0. The van der Waals surface area contributed by atoms with E-state index in [1.807, 2.05) is 48.5 Å². The van der Waals surface area contributed by atoms with E-state index in [2.05, 4.69) is 9.82 Å². The van der Waals surface area contributed by atoms with Crippen LogP contribution in [0.4, 0.5) is 0 Å². The molecule has 0 unspecified atom stereocenters. The summed E-state index contributed by atoms with van der Waals surface area (Å²) in [5.41, 5.74) is 0.164. The van der Waals surface area contributed by atoms with Crippen molar-refractivity contribution in [3.05, 3.63) is 11.9 Å². The topological polar surface area (TPSA) is 82.5 Å². The predicted molar refractivity (Wildman–Crippen MR) is 93.5 cm³/mol. The van der Waals surface area contributed by atoms with Crippen molar-refractivity contribution in [2.24, 2.45) is 0 Å². The largest absolute Gasteiger partial charge is 0.352 e. The molecule has 8 heteroatoms. The molecule has 1 N–H and O–H groups in total. The second kappa shape index (κ2) is 8.42. The Morgan fingerprint density at radius 3 is 2.17 bits per heavy atom. The van der Waals surface area contributed by atoms with Gasteiger partial charge in [-0.1, -0.05) is 20.8 Å². The molecule has 0 radical (unpaired) electrons. The summed E-state index contributed by atoms with van der Waals surface area (Å²) in [6.07, 6.45) is 0.984. The first-order valence-corrected chi connectivity index (χ1v) is 9.83. The van der Waals surface area contributed by atoms with Crippen LogP contribution >= 0.6 is 0 Å². The van der Waals surface area contributed by atoms with Crippen LogP contribution in [0.15, 0.2) is 11.1 Å². The summed E-state index contributed by atoms with van der Waals surface area (Å²) in [6, 6.07) is 0.0784. The van der Waals surface area contributed by atoms with Crippen molar-refractivity contribution in [3.63, 3.8) is 0 Å². The molecule has 0 bridgehead atoms. The minimum absolute atomic E-state index is 0.0560. The molecule has 0 fully saturated rings. The molecule has 0 saturated carbocycles. The summed E-state index contributed by atoms with van der Waals surface area (Å²) >= 11 is 0. The monoisotopic (exact) mass is 361 g/mol. The van der Waals surface area contributed by atoms with E-state index in [4.69, 9.17) is 9.47 Å².